The maximum absolute atomic E-state index is 12.7. The summed E-state index contributed by atoms with van der Waals surface area (Å²) in [7, 11) is -2.06. The number of aromatic nitrogens is 2. The molecule has 0 fully saturated rings. The van der Waals surface area contributed by atoms with E-state index in [2.05, 4.69) is 15.5 Å². The van der Waals surface area contributed by atoms with Gasteiger partial charge in [-0.2, -0.15) is 9.40 Å². The SMILES string of the molecule is CCN(CCOC)S(=O)(=O)c1n[nH]c(C)c1CNC(C)C. The van der Waals surface area contributed by atoms with Gasteiger partial charge >= 0.3 is 0 Å². The van der Waals surface area contributed by atoms with Gasteiger partial charge in [-0.05, 0) is 6.92 Å². The highest BCUT2D eigenvalue weighted by Crippen LogP contribution is 2.20. The maximum Gasteiger partial charge on any atom is 0.262 e. The number of ether oxygens (including phenoxy) is 1. The first kappa shape index (κ1) is 18.1. The van der Waals surface area contributed by atoms with Crippen LogP contribution in [0.25, 0.3) is 0 Å². The van der Waals surface area contributed by atoms with E-state index in [0.29, 0.717) is 31.8 Å². The lowest BCUT2D eigenvalue weighted by Gasteiger charge is -2.19. The molecule has 8 heteroatoms. The Labute approximate surface area is 127 Å². The molecule has 0 bridgehead atoms. The third-order valence-electron chi connectivity index (χ3n) is 3.20. The summed E-state index contributed by atoms with van der Waals surface area (Å²) in [5, 5.41) is 10.1. The monoisotopic (exact) mass is 318 g/mol. The van der Waals surface area contributed by atoms with Crippen LogP contribution < -0.4 is 5.32 Å². The second-order valence-corrected chi connectivity index (χ2v) is 7.01. The summed E-state index contributed by atoms with van der Waals surface area (Å²) >= 11 is 0. The van der Waals surface area contributed by atoms with Crippen molar-refractivity contribution in [2.45, 2.75) is 45.3 Å². The molecule has 1 aromatic rings. The van der Waals surface area contributed by atoms with E-state index in [9.17, 15) is 8.42 Å². The van der Waals surface area contributed by atoms with Gasteiger partial charge in [-0.25, -0.2) is 8.42 Å². The third kappa shape index (κ3) is 4.50. The van der Waals surface area contributed by atoms with Crippen molar-refractivity contribution < 1.29 is 13.2 Å². The Kier molecular flexibility index (Phi) is 6.79. The zero-order chi connectivity index (χ0) is 16.0. The molecule has 0 spiro atoms. The number of aryl methyl sites for hydroxylation is 1. The van der Waals surface area contributed by atoms with Crippen LogP contribution in [-0.2, 0) is 21.3 Å². The van der Waals surface area contributed by atoms with Gasteiger partial charge in [-0.15, -0.1) is 0 Å². The van der Waals surface area contributed by atoms with E-state index in [1.807, 2.05) is 20.8 Å². The fraction of sp³-hybridized carbons (Fsp3) is 0.769. The minimum atomic E-state index is -3.61. The number of aromatic amines is 1. The van der Waals surface area contributed by atoms with Gasteiger partial charge in [0.25, 0.3) is 10.0 Å². The van der Waals surface area contributed by atoms with E-state index in [1.165, 1.54) is 4.31 Å². The molecule has 0 saturated heterocycles. The molecule has 0 saturated carbocycles. The van der Waals surface area contributed by atoms with Gasteiger partial charge in [-0.1, -0.05) is 20.8 Å². The Morgan fingerprint density at radius 1 is 1.43 bits per heavy atom. The molecule has 0 aliphatic rings. The lowest BCUT2D eigenvalue weighted by Crippen LogP contribution is -2.35. The second kappa shape index (κ2) is 7.88. The van der Waals surface area contributed by atoms with Gasteiger partial charge < -0.3 is 10.1 Å². The van der Waals surface area contributed by atoms with E-state index in [4.69, 9.17) is 4.74 Å². The molecule has 0 unspecified atom stereocenters. The molecule has 0 radical (unpaired) electrons. The van der Waals surface area contributed by atoms with Gasteiger partial charge in [0.15, 0.2) is 5.03 Å². The first-order valence-corrected chi connectivity index (χ1v) is 8.54. The fourth-order valence-electron chi connectivity index (χ4n) is 1.92. The first-order valence-electron chi connectivity index (χ1n) is 7.10. The highest BCUT2D eigenvalue weighted by atomic mass is 32.2. The molecular weight excluding hydrogens is 292 g/mol. The summed E-state index contributed by atoms with van der Waals surface area (Å²) in [5.41, 5.74) is 1.46. The van der Waals surface area contributed by atoms with Crippen LogP contribution >= 0.6 is 0 Å². The lowest BCUT2D eigenvalue weighted by atomic mass is 10.2. The molecule has 0 amide bonds. The van der Waals surface area contributed by atoms with Gasteiger partial charge in [0.2, 0.25) is 0 Å². The Hall–Kier alpha value is -0.960. The second-order valence-electron chi connectivity index (χ2n) is 5.16. The summed E-state index contributed by atoms with van der Waals surface area (Å²) in [6.07, 6.45) is 0. The van der Waals surface area contributed by atoms with Crippen LogP contribution in [0.15, 0.2) is 5.03 Å². The van der Waals surface area contributed by atoms with Crippen LogP contribution in [0.2, 0.25) is 0 Å². The smallest absolute Gasteiger partial charge is 0.262 e. The molecule has 122 valence electrons. The molecular formula is C13H26N4O3S. The van der Waals surface area contributed by atoms with Crippen molar-refractivity contribution in [3.05, 3.63) is 11.3 Å². The number of rotatable bonds is 9. The number of sulfonamides is 1. The molecule has 1 aromatic heterocycles. The predicted molar refractivity (Wildman–Crippen MR) is 81.6 cm³/mol. The first-order chi connectivity index (χ1) is 9.84. The number of nitrogens with one attached hydrogen (secondary N) is 2. The van der Waals surface area contributed by atoms with Crippen LogP contribution in [0.1, 0.15) is 32.0 Å². The summed E-state index contributed by atoms with van der Waals surface area (Å²) < 4.78 is 31.8. The predicted octanol–water partition coefficient (Wildman–Crippen LogP) is 0.873. The normalized spacial score (nSPS) is 12.5. The average Bonchev–Trinajstić information content (AvgIpc) is 2.79. The molecule has 0 aliphatic carbocycles. The standard InChI is InChI=1S/C13H26N4O3S/c1-6-17(7-8-20-5)21(18,19)13-12(9-14-10(2)3)11(4)15-16-13/h10,14H,6-9H2,1-5H3,(H,15,16). The van der Waals surface area contributed by atoms with Crippen molar-refractivity contribution in [1.29, 1.82) is 0 Å². The van der Waals surface area contributed by atoms with E-state index in [0.717, 1.165) is 5.69 Å². The molecule has 0 atom stereocenters. The minimum Gasteiger partial charge on any atom is -0.383 e. The zero-order valence-corrected chi connectivity index (χ0v) is 14.2. The minimum absolute atomic E-state index is 0.103. The fourth-order valence-corrected chi connectivity index (χ4v) is 3.52. The van der Waals surface area contributed by atoms with E-state index in [1.54, 1.807) is 14.0 Å². The Balaban J connectivity index is 3.07. The summed E-state index contributed by atoms with van der Waals surface area (Å²) in [5.74, 6) is 0. The highest BCUT2D eigenvalue weighted by Gasteiger charge is 2.29. The molecule has 0 aromatic carbocycles. The number of hydrogen-bond acceptors (Lipinski definition) is 5. The van der Waals surface area contributed by atoms with Crippen LogP contribution in [0.3, 0.4) is 0 Å². The highest BCUT2D eigenvalue weighted by molar-refractivity contribution is 7.89. The zero-order valence-electron chi connectivity index (χ0n) is 13.4. The van der Waals surface area contributed by atoms with Gasteiger partial charge in [-0.3, -0.25) is 5.10 Å². The molecule has 1 heterocycles. The van der Waals surface area contributed by atoms with Gasteiger partial charge in [0.1, 0.15) is 0 Å². The quantitative estimate of drug-likeness (QED) is 0.705. The molecule has 2 N–H and O–H groups in total. The third-order valence-corrected chi connectivity index (χ3v) is 5.15. The molecule has 0 aliphatic heterocycles. The molecule has 7 nitrogen and oxygen atoms in total. The number of likely N-dealkylation sites (N-methyl/N-ethyl adjacent to an activating group) is 1. The Morgan fingerprint density at radius 2 is 2.10 bits per heavy atom. The molecule has 21 heavy (non-hydrogen) atoms. The summed E-state index contributed by atoms with van der Waals surface area (Å²) in [4.78, 5) is 0. The number of hydrogen-bond donors (Lipinski definition) is 2. The Bertz CT molecular complexity index is 540. The number of nitrogens with zero attached hydrogens (tertiary/aromatic N) is 2. The summed E-state index contributed by atoms with van der Waals surface area (Å²) in [6.45, 7) is 9.19. The van der Waals surface area contributed by atoms with Crippen molar-refractivity contribution >= 4 is 10.0 Å². The number of methoxy groups -OCH3 is 1. The maximum atomic E-state index is 12.7. The Morgan fingerprint density at radius 3 is 2.62 bits per heavy atom. The van der Waals surface area contributed by atoms with Crippen molar-refractivity contribution in [3.63, 3.8) is 0 Å². The number of H-pyrrole nitrogens is 1. The van der Waals surface area contributed by atoms with Crippen LogP contribution in [0.5, 0.6) is 0 Å². The molecule has 1 rings (SSSR count). The van der Waals surface area contributed by atoms with E-state index < -0.39 is 10.0 Å². The van der Waals surface area contributed by atoms with Crippen LogP contribution in [-0.4, -0.2) is 55.8 Å². The van der Waals surface area contributed by atoms with Gasteiger partial charge in [0, 0.05) is 44.0 Å². The lowest BCUT2D eigenvalue weighted by molar-refractivity contribution is 0.180. The van der Waals surface area contributed by atoms with Crippen LogP contribution in [0, 0.1) is 6.92 Å². The van der Waals surface area contributed by atoms with Crippen LogP contribution in [0.4, 0.5) is 0 Å². The summed E-state index contributed by atoms with van der Waals surface area (Å²) in [6, 6.07) is 0.269. The van der Waals surface area contributed by atoms with Gasteiger partial charge in [0.05, 0.1) is 6.61 Å². The topological polar surface area (TPSA) is 87.3 Å². The van der Waals surface area contributed by atoms with Crippen molar-refractivity contribution in [2.75, 3.05) is 26.8 Å². The average molecular weight is 318 g/mol. The van der Waals surface area contributed by atoms with Crippen molar-refractivity contribution in [3.8, 4) is 0 Å². The van der Waals surface area contributed by atoms with Crippen molar-refractivity contribution in [2.24, 2.45) is 0 Å². The van der Waals surface area contributed by atoms with Crippen molar-refractivity contribution in [1.82, 2.24) is 19.8 Å². The van der Waals surface area contributed by atoms with E-state index in [-0.39, 0.29) is 11.1 Å². The van der Waals surface area contributed by atoms with E-state index >= 15 is 0 Å². The largest absolute Gasteiger partial charge is 0.383 e.